The van der Waals surface area contributed by atoms with E-state index in [0.717, 1.165) is 11.1 Å². The van der Waals surface area contributed by atoms with Gasteiger partial charge in [0.2, 0.25) is 0 Å². The Balaban J connectivity index is 1.85. The molecule has 1 amide bonds. The topological polar surface area (TPSA) is 92.3 Å². The molecule has 2 aromatic carbocycles. The van der Waals surface area contributed by atoms with Crippen molar-refractivity contribution in [3.63, 3.8) is 0 Å². The van der Waals surface area contributed by atoms with E-state index < -0.39 is 11.9 Å². The molecule has 0 saturated heterocycles. The number of carbonyl (C=O) groups excluding carboxylic acids is 2. The van der Waals surface area contributed by atoms with Gasteiger partial charge in [0.05, 0.1) is 34.0 Å². The van der Waals surface area contributed by atoms with Gasteiger partial charge in [0.1, 0.15) is 11.5 Å². The van der Waals surface area contributed by atoms with Crippen LogP contribution in [0.2, 0.25) is 0 Å². The van der Waals surface area contributed by atoms with E-state index in [0.29, 0.717) is 36.0 Å². The van der Waals surface area contributed by atoms with Crippen LogP contribution in [0.4, 0.5) is 0 Å². The van der Waals surface area contributed by atoms with Gasteiger partial charge in [-0.15, -0.1) is 0 Å². The molecule has 0 heterocycles. The van der Waals surface area contributed by atoms with Crippen LogP contribution in [0.3, 0.4) is 0 Å². The highest BCUT2D eigenvalue weighted by Crippen LogP contribution is 2.30. The van der Waals surface area contributed by atoms with Crippen molar-refractivity contribution in [1.82, 2.24) is 5.32 Å². The minimum absolute atomic E-state index is 0.243. The van der Waals surface area contributed by atoms with Gasteiger partial charge in [-0.1, -0.05) is 6.07 Å². The van der Waals surface area contributed by atoms with Crippen molar-refractivity contribution < 1.29 is 33.3 Å². The van der Waals surface area contributed by atoms with Gasteiger partial charge >= 0.3 is 5.97 Å². The molecule has 1 N–H and O–H groups in total. The lowest BCUT2D eigenvalue weighted by Gasteiger charge is -2.12. The predicted molar refractivity (Wildman–Crippen MR) is 111 cm³/mol. The van der Waals surface area contributed by atoms with Gasteiger partial charge in [0, 0.05) is 12.1 Å². The molecule has 30 heavy (non-hydrogen) atoms. The number of amides is 1. The number of carbonyl (C=O) groups is 2. The van der Waals surface area contributed by atoms with Gasteiger partial charge in [0.25, 0.3) is 5.91 Å². The molecule has 0 bridgehead atoms. The molecule has 8 heteroatoms. The van der Waals surface area contributed by atoms with Gasteiger partial charge in [-0.3, -0.25) is 4.79 Å². The second kappa shape index (κ2) is 10.9. The van der Waals surface area contributed by atoms with E-state index in [-0.39, 0.29) is 12.2 Å². The zero-order chi connectivity index (χ0) is 22.1. The van der Waals surface area contributed by atoms with Gasteiger partial charge in [0.15, 0.2) is 18.1 Å². The minimum Gasteiger partial charge on any atom is -0.496 e. The number of esters is 1. The van der Waals surface area contributed by atoms with E-state index in [1.807, 2.05) is 25.1 Å². The van der Waals surface area contributed by atoms with Gasteiger partial charge in [-0.05, 0) is 43.2 Å². The summed E-state index contributed by atoms with van der Waals surface area (Å²) < 4.78 is 26.1. The molecule has 0 saturated carbocycles. The summed E-state index contributed by atoms with van der Waals surface area (Å²) in [6.45, 7) is 1.82. The van der Waals surface area contributed by atoms with Crippen LogP contribution >= 0.6 is 0 Å². The fourth-order valence-corrected chi connectivity index (χ4v) is 2.85. The van der Waals surface area contributed by atoms with Crippen LogP contribution in [0, 0.1) is 6.92 Å². The molecule has 0 aliphatic carbocycles. The summed E-state index contributed by atoms with van der Waals surface area (Å²) in [4.78, 5) is 24.3. The summed E-state index contributed by atoms with van der Waals surface area (Å²) in [5, 5.41) is 2.72. The van der Waals surface area contributed by atoms with Crippen molar-refractivity contribution in [3.8, 4) is 23.0 Å². The zero-order valence-corrected chi connectivity index (χ0v) is 17.9. The molecule has 0 radical (unpaired) electrons. The summed E-state index contributed by atoms with van der Waals surface area (Å²) in [5.41, 5.74) is 1.99. The first-order valence-corrected chi connectivity index (χ1v) is 9.30. The fraction of sp³-hybridized carbons (Fsp3) is 0.364. The molecular formula is C22H27NO7. The summed E-state index contributed by atoms with van der Waals surface area (Å²) in [6.07, 6.45) is 0.590. The van der Waals surface area contributed by atoms with Crippen molar-refractivity contribution in [1.29, 1.82) is 0 Å². The highest BCUT2D eigenvalue weighted by molar-refractivity contribution is 5.92. The zero-order valence-electron chi connectivity index (χ0n) is 17.9. The molecule has 0 aliphatic heterocycles. The number of ether oxygens (including phenoxy) is 5. The summed E-state index contributed by atoms with van der Waals surface area (Å²) in [5.74, 6) is 1.23. The predicted octanol–water partition coefficient (Wildman–Crippen LogP) is 2.55. The highest BCUT2D eigenvalue weighted by atomic mass is 16.5. The van der Waals surface area contributed by atoms with Crippen LogP contribution < -0.4 is 24.3 Å². The maximum Gasteiger partial charge on any atom is 0.338 e. The van der Waals surface area contributed by atoms with Crippen LogP contribution in [0.1, 0.15) is 21.5 Å². The largest absolute Gasteiger partial charge is 0.496 e. The average Bonchev–Trinajstić information content (AvgIpc) is 2.77. The fourth-order valence-electron chi connectivity index (χ4n) is 2.85. The Labute approximate surface area is 176 Å². The Kier molecular flexibility index (Phi) is 8.34. The number of hydrogen-bond donors (Lipinski definition) is 1. The van der Waals surface area contributed by atoms with Gasteiger partial charge < -0.3 is 29.0 Å². The van der Waals surface area contributed by atoms with Crippen molar-refractivity contribution in [2.75, 3.05) is 41.6 Å². The van der Waals surface area contributed by atoms with Crippen LogP contribution in [0.25, 0.3) is 0 Å². The normalized spacial score (nSPS) is 10.2. The van der Waals surface area contributed by atoms with E-state index >= 15 is 0 Å². The molecule has 0 fully saturated rings. The quantitative estimate of drug-likeness (QED) is 0.594. The maximum absolute atomic E-state index is 12.3. The van der Waals surface area contributed by atoms with Crippen LogP contribution in [-0.2, 0) is 16.0 Å². The Morgan fingerprint density at radius 2 is 1.43 bits per heavy atom. The van der Waals surface area contributed by atoms with E-state index in [4.69, 9.17) is 23.7 Å². The van der Waals surface area contributed by atoms with Crippen molar-refractivity contribution in [3.05, 3.63) is 47.0 Å². The first kappa shape index (κ1) is 22.9. The summed E-state index contributed by atoms with van der Waals surface area (Å²) >= 11 is 0. The number of nitrogens with one attached hydrogen (secondary N) is 1. The van der Waals surface area contributed by atoms with Crippen LogP contribution in [-0.4, -0.2) is 53.5 Å². The Morgan fingerprint density at radius 3 is 2.00 bits per heavy atom. The number of rotatable bonds is 10. The minimum atomic E-state index is -0.637. The third-order valence-electron chi connectivity index (χ3n) is 4.51. The van der Waals surface area contributed by atoms with E-state index in [9.17, 15) is 9.59 Å². The lowest BCUT2D eigenvalue weighted by Crippen LogP contribution is -2.30. The first-order chi connectivity index (χ1) is 14.4. The lowest BCUT2D eigenvalue weighted by atomic mass is 10.1. The molecule has 0 aliphatic rings. The monoisotopic (exact) mass is 417 g/mol. The third-order valence-corrected chi connectivity index (χ3v) is 4.51. The molecule has 0 spiro atoms. The Bertz CT molecular complexity index is 870. The molecule has 0 aromatic heterocycles. The third kappa shape index (κ3) is 5.79. The van der Waals surface area contributed by atoms with Crippen molar-refractivity contribution >= 4 is 11.9 Å². The molecule has 162 valence electrons. The first-order valence-electron chi connectivity index (χ1n) is 9.30. The Morgan fingerprint density at radius 1 is 0.833 bits per heavy atom. The van der Waals surface area contributed by atoms with E-state index in [1.54, 1.807) is 26.4 Å². The molecular weight excluding hydrogens is 390 g/mol. The molecule has 2 rings (SSSR count). The maximum atomic E-state index is 12.3. The van der Waals surface area contributed by atoms with Gasteiger partial charge in [-0.2, -0.15) is 0 Å². The van der Waals surface area contributed by atoms with Crippen LogP contribution in [0.5, 0.6) is 23.0 Å². The van der Waals surface area contributed by atoms with E-state index in [2.05, 4.69) is 5.32 Å². The SMILES string of the molecule is COc1ccc(CCNC(=O)COC(=O)c2cc(OC)c(C)c(OC)c2)cc1OC. The summed E-state index contributed by atoms with van der Waals surface area (Å²) in [6, 6.07) is 8.65. The van der Waals surface area contributed by atoms with Crippen LogP contribution in [0.15, 0.2) is 30.3 Å². The smallest absolute Gasteiger partial charge is 0.338 e. The van der Waals surface area contributed by atoms with E-state index in [1.165, 1.54) is 14.2 Å². The molecule has 0 atom stereocenters. The molecule has 8 nitrogen and oxygen atoms in total. The average molecular weight is 417 g/mol. The summed E-state index contributed by atoms with van der Waals surface area (Å²) in [7, 11) is 6.14. The Hall–Kier alpha value is -3.42. The lowest BCUT2D eigenvalue weighted by molar-refractivity contribution is -0.124. The second-order valence-electron chi connectivity index (χ2n) is 6.37. The van der Waals surface area contributed by atoms with Crippen molar-refractivity contribution in [2.45, 2.75) is 13.3 Å². The highest BCUT2D eigenvalue weighted by Gasteiger charge is 2.16. The number of benzene rings is 2. The van der Waals surface area contributed by atoms with Crippen molar-refractivity contribution in [2.24, 2.45) is 0 Å². The number of methoxy groups -OCH3 is 4. The molecule has 0 unspecified atom stereocenters. The second-order valence-corrected chi connectivity index (χ2v) is 6.37. The number of hydrogen-bond acceptors (Lipinski definition) is 7. The molecule has 2 aromatic rings. The van der Waals surface area contributed by atoms with Gasteiger partial charge in [-0.25, -0.2) is 4.79 Å². The standard InChI is InChI=1S/C22H27NO7/c1-14-18(27-3)11-16(12-19(14)28-4)22(25)30-13-21(24)23-9-8-15-6-7-17(26-2)20(10-15)29-5/h6-7,10-12H,8-9,13H2,1-5H3,(H,23,24).